The maximum atomic E-state index is 12.9. The maximum Gasteiger partial charge on any atom is 0.323 e. The van der Waals surface area contributed by atoms with E-state index in [-0.39, 0.29) is 5.78 Å². The van der Waals surface area contributed by atoms with Crippen molar-refractivity contribution in [2.24, 2.45) is 0 Å². The number of rotatable bonds is 6. The summed E-state index contributed by atoms with van der Waals surface area (Å²) >= 11 is 0. The van der Waals surface area contributed by atoms with Gasteiger partial charge in [0.25, 0.3) is 0 Å². The average Bonchev–Trinajstić information content (AvgIpc) is 3.40. The molecule has 0 atom stereocenters. The standard InChI is InChI=1S/C33H28N4O4/c1-33(2)18-17-24-28(41-33)16-15-26(30(24)40-3)37-32(39)34-23-13-14-25-27(19-23)36-31(35-25)22-11-9-21(10-12-22)29(38)20-7-5-4-6-8-20/h4-19H,1-3H3,(H,35,36)(H2,34,37,39). The van der Waals surface area contributed by atoms with Crippen molar-refractivity contribution >= 4 is 40.3 Å². The lowest BCUT2D eigenvalue weighted by Gasteiger charge is -2.29. The number of H-pyrrole nitrogens is 1. The number of nitrogens with zero attached hydrogens (tertiary/aromatic N) is 1. The summed E-state index contributed by atoms with van der Waals surface area (Å²) in [7, 11) is 1.56. The topological polar surface area (TPSA) is 105 Å². The lowest BCUT2D eigenvalue weighted by Crippen LogP contribution is -2.27. The van der Waals surface area contributed by atoms with Gasteiger partial charge < -0.3 is 25.1 Å². The Bertz CT molecular complexity index is 1810. The minimum absolute atomic E-state index is 0.0301. The molecule has 6 rings (SSSR count). The number of ether oxygens (including phenoxy) is 2. The number of amides is 2. The van der Waals surface area contributed by atoms with E-state index < -0.39 is 11.6 Å². The van der Waals surface area contributed by atoms with E-state index in [0.29, 0.717) is 45.3 Å². The van der Waals surface area contributed by atoms with Crippen LogP contribution < -0.4 is 20.1 Å². The number of fused-ring (bicyclic) bond motifs is 2. The first-order chi connectivity index (χ1) is 19.8. The third kappa shape index (κ3) is 5.27. The number of methoxy groups -OCH3 is 1. The van der Waals surface area contributed by atoms with E-state index >= 15 is 0 Å². The normalized spacial score (nSPS) is 13.2. The third-order valence-electron chi connectivity index (χ3n) is 6.83. The highest BCUT2D eigenvalue weighted by atomic mass is 16.5. The number of carbonyl (C=O) groups excluding carboxylic acids is 2. The van der Waals surface area contributed by atoms with Crippen LogP contribution in [0.1, 0.15) is 35.3 Å². The average molecular weight is 545 g/mol. The van der Waals surface area contributed by atoms with Gasteiger partial charge in [0.15, 0.2) is 11.5 Å². The summed E-state index contributed by atoms with van der Waals surface area (Å²) in [5, 5.41) is 5.73. The number of carbonyl (C=O) groups is 2. The lowest BCUT2D eigenvalue weighted by molar-refractivity contribution is 0.103. The molecule has 1 aliphatic rings. The minimum atomic E-state index is -0.418. The van der Waals surface area contributed by atoms with E-state index in [4.69, 9.17) is 14.5 Å². The molecule has 0 unspecified atom stereocenters. The molecule has 0 saturated carbocycles. The van der Waals surface area contributed by atoms with Gasteiger partial charge in [0, 0.05) is 22.4 Å². The Balaban J connectivity index is 1.17. The fraction of sp³-hybridized carbons (Fsp3) is 0.121. The van der Waals surface area contributed by atoms with E-state index in [1.165, 1.54) is 0 Å². The Morgan fingerprint density at radius 2 is 1.66 bits per heavy atom. The van der Waals surface area contributed by atoms with Gasteiger partial charge in [-0.3, -0.25) is 4.79 Å². The molecule has 1 aromatic heterocycles. The van der Waals surface area contributed by atoms with Crippen molar-refractivity contribution in [2.75, 3.05) is 17.7 Å². The van der Waals surface area contributed by atoms with E-state index in [2.05, 4.69) is 15.6 Å². The van der Waals surface area contributed by atoms with Gasteiger partial charge in [-0.15, -0.1) is 0 Å². The molecule has 4 aromatic carbocycles. The molecule has 0 saturated heterocycles. The molecular weight excluding hydrogens is 516 g/mol. The van der Waals surface area contributed by atoms with Gasteiger partial charge in [-0.25, -0.2) is 9.78 Å². The molecule has 3 N–H and O–H groups in total. The fourth-order valence-corrected chi connectivity index (χ4v) is 4.79. The summed E-state index contributed by atoms with van der Waals surface area (Å²) in [4.78, 5) is 33.6. The predicted molar refractivity (Wildman–Crippen MR) is 161 cm³/mol. The van der Waals surface area contributed by atoms with Gasteiger partial charge in [0.05, 0.1) is 29.4 Å². The number of aromatic amines is 1. The summed E-state index contributed by atoms with van der Waals surface area (Å²) in [6.45, 7) is 3.95. The van der Waals surface area contributed by atoms with E-state index in [0.717, 1.165) is 16.6 Å². The molecule has 0 fully saturated rings. The summed E-state index contributed by atoms with van der Waals surface area (Å²) in [6, 6.07) is 25.1. The number of urea groups is 1. The second kappa shape index (κ2) is 10.3. The van der Waals surface area contributed by atoms with Crippen molar-refractivity contribution in [1.29, 1.82) is 0 Å². The Morgan fingerprint density at radius 3 is 2.41 bits per heavy atom. The zero-order valence-corrected chi connectivity index (χ0v) is 22.8. The number of hydrogen-bond donors (Lipinski definition) is 3. The van der Waals surface area contributed by atoms with Crippen LogP contribution in [0.15, 0.2) is 91.0 Å². The smallest absolute Gasteiger partial charge is 0.323 e. The van der Waals surface area contributed by atoms with Gasteiger partial charge in [-0.1, -0.05) is 54.6 Å². The SMILES string of the molecule is COc1c(NC(=O)Nc2ccc3[nH]c(-c4ccc(C(=O)c5ccccc5)cc4)nc3c2)ccc2c1C=CC(C)(C)O2. The Hall–Kier alpha value is -5.37. The maximum absolute atomic E-state index is 12.9. The first kappa shape index (κ1) is 25.9. The number of ketones is 1. The van der Waals surface area contributed by atoms with Gasteiger partial charge in [-0.05, 0) is 56.3 Å². The molecule has 1 aliphatic heterocycles. The number of nitrogens with one attached hydrogen (secondary N) is 3. The number of imidazole rings is 1. The molecule has 0 bridgehead atoms. The molecule has 8 heteroatoms. The summed E-state index contributed by atoms with van der Waals surface area (Å²) in [6.07, 6.45) is 3.90. The molecule has 2 heterocycles. The predicted octanol–water partition coefficient (Wildman–Crippen LogP) is 7.30. The third-order valence-corrected chi connectivity index (χ3v) is 6.83. The van der Waals surface area contributed by atoms with E-state index in [1.807, 2.05) is 68.5 Å². The largest absolute Gasteiger partial charge is 0.494 e. The summed E-state index contributed by atoms with van der Waals surface area (Å²) in [5.74, 6) is 1.85. The Labute approximate surface area is 237 Å². The first-order valence-corrected chi connectivity index (χ1v) is 13.2. The molecule has 8 nitrogen and oxygen atoms in total. The van der Waals surface area contributed by atoms with Crippen molar-refractivity contribution in [1.82, 2.24) is 9.97 Å². The molecular formula is C33H28N4O4. The van der Waals surface area contributed by atoms with Gasteiger partial charge in [0.2, 0.25) is 0 Å². The number of aromatic nitrogens is 2. The molecule has 0 spiro atoms. The van der Waals surface area contributed by atoms with Crippen LogP contribution in [0, 0.1) is 0 Å². The Kier molecular flexibility index (Phi) is 6.51. The number of hydrogen-bond acceptors (Lipinski definition) is 5. The number of benzene rings is 4. The highest BCUT2D eigenvalue weighted by molar-refractivity contribution is 6.09. The van der Waals surface area contributed by atoms with Crippen LogP contribution in [-0.4, -0.2) is 34.5 Å². The molecule has 0 aliphatic carbocycles. The fourth-order valence-electron chi connectivity index (χ4n) is 4.79. The molecule has 204 valence electrons. The summed E-state index contributed by atoms with van der Waals surface area (Å²) in [5.41, 5.74) is 5.07. The molecule has 0 radical (unpaired) electrons. The van der Waals surface area contributed by atoms with Gasteiger partial charge in [-0.2, -0.15) is 0 Å². The highest BCUT2D eigenvalue weighted by Crippen LogP contribution is 2.41. The minimum Gasteiger partial charge on any atom is -0.494 e. The molecule has 2 amide bonds. The van der Waals surface area contributed by atoms with Crippen molar-refractivity contribution in [3.05, 3.63) is 108 Å². The van der Waals surface area contributed by atoms with Crippen LogP contribution in [0.25, 0.3) is 28.5 Å². The monoisotopic (exact) mass is 544 g/mol. The molecule has 5 aromatic rings. The second-order valence-corrected chi connectivity index (χ2v) is 10.3. The van der Waals surface area contributed by atoms with Gasteiger partial charge >= 0.3 is 6.03 Å². The summed E-state index contributed by atoms with van der Waals surface area (Å²) < 4.78 is 11.6. The van der Waals surface area contributed by atoms with Gasteiger partial charge in [0.1, 0.15) is 17.2 Å². The quantitative estimate of drug-likeness (QED) is 0.195. The lowest BCUT2D eigenvalue weighted by atomic mass is 10.0. The van der Waals surface area contributed by atoms with Crippen LogP contribution in [-0.2, 0) is 0 Å². The van der Waals surface area contributed by atoms with Crippen LogP contribution in [0.4, 0.5) is 16.2 Å². The highest BCUT2D eigenvalue weighted by Gasteiger charge is 2.25. The van der Waals surface area contributed by atoms with Crippen LogP contribution in [0.3, 0.4) is 0 Å². The van der Waals surface area contributed by atoms with E-state index in [1.54, 1.807) is 49.6 Å². The van der Waals surface area contributed by atoms with E-state index in [9.17, 15) is 9.59 Å². The van der Waals surface area contributed by atoms with Crippen LogP contribution in [0.5, 0.6) is 11.5 Å². The van der Waals surface area contributed by atoms with Crippen LogP contribution in [0.2, 0.25) is 0 Å². The molecule has 41 heavy (non-hydrogen) atoms. The van der Waals surface area contributed by atoms with Crippen LogP contribution >= 0.6 is 0 Å². The number of anilines is 2. The second-order valence-electron chi connectivity index (χ2n) is 10.3. The van der Waals surface area contributed by atoms with Crippen molar-refractivity contribution in [3.63, 3.8) is 0 Å². The zero-order valence-electron chi connectivity index (χ0n) is 22.8. The zero-order chi connectivity index (χ0) is 28.6. The van der Waals surface area contributed by atoms with Crippen molar-refractivity contribution in [3.8, 4) is 22.9 Å². The first-order valence-electron chi connectivity index (χ1n) is 13.2. The van der Waals surface area contributed by atoms with Crippen molar-refractivity contribution in [2.45, 2.75) is 19.4 Å². The van der Waals surface area contributed by atoms with Crippen molar-refractivity contribution < 1.29 is 19.1 Å². The Morgan fingerprint density at radius 1 is 0.902 bits per heavy atom.